The van der Waals surface area contributed by atoms with E-state index >= 15 is 0 Å². The lowest BCUT2D eigenvalue weighted by atomic mass is 9.93. The molecule has 0 aromatic heterocycles. The first-order valence-corrected chi connectivity index (χ1v) is 9.73. The van der Waals surface area contributed by atoms with Gasteiger partial charge in [-0.3, -0.25) is 4.79 Å². The molecule has 1 aliphatic carbocycles. The van der Waals surface area contributed by atoms with Crippen LogP contribution < -0.4 is 14.9 Å². The third-order valence-corrected chi connectivity index (χ3v) is 5.30. The number of ether oxygens (including phenoxy) is 2. The molecule has 1 heterocycles. The highest BCUT2D eigenvalue weighted by atomic mass is 79.9. The average Bonchev–Trinajstić information content (AvgIpc) is 2.73. The summed E-state index contributed by atoms with van der Waals surface area (Å²) >= 11 is 3.46. The van der Waals surface area contributed by atoms with Gasteiger partial charge in [0.1, 0.15) is 18.0 Å². The van der Waals surface area contributed by atoms with Gasteiger partial charge in [0.25, 0.3) is 0 Å². The number of phenolic OH excluding ortho intramolecular Hbond substituents is 3. The summed E-state index contributed by atoms with van der Waals surface area (Å²) in [5, 5.41) is 30.5. The molecule has 4 rings (SSSR count). The van der Waals surface area contributed by atoms with Gasteiger partial charge in [0.2, 0.25) is 5.43 Å². The Morgan fingerprint density at radius 2 is 1.81 bits per heavy atom. The standard InChI is InChI=1S/C23H15BrO7/c1-3-4-30-23-14(24)5-11(6-21(23)29-2)22-12-7-15(25)17(27)9-19(12)31-20-10-18(28)16(26)8-13(20)22/h1,5-10,25-27H,4H2,2H3. The second-order valence-corrected chi connectivity index (χ2v) is 7.47. The van der Waals surface area contributed by atoms with Crippen LogP contribution in [0.2, 0.25) is 0 Å². The van der Waals surface area contributed by atoms with Crippen molar-refractivity contribution in [1.29, 1.82) is 0 Å². The van der Waals surface area contributed by atoms with Crippen LogP contribution in [-0.4, -0.2) is 29.0 Å². The number of phenols is 3. The maximum Gasteiger partial charge on any atom is 0.223 e. The van der Waals surface area contributed by atoms with Crippen LogP contribution in [0.3, 0.4) is 0 Å². The Morgan fingerprint density at radius 3 is 2.52 bits per heavy atom. The Morgan fingerprint density at radius 1 is 1.06 bits per heavy atom. The second kappa shape index (κ2) is 7.78. The quantitative estimate of drug-likeness (QED) is 0.223. The number of hydrogen-bond acceptors (Lipinski definition) is 7. The Bertz CT molecular complexity index is 1400. The zero-order valence-electron chi connectivity index (χ0n) is 16.1. The number of rotatable bonds is 4. The van der Waals surface area contributed by atoms with Crippen LogP contribution in [-0.2, 0) is 0 Å². The lowest BCUT2D eigenvalue weighted by Gasteiger charge is -2.18. The van der Waals surface area contributed by atoms with Crippen molar-refractivity contribution in [2.24, 2.45) is 0 Å². The van der Waals surface area contributed by atoms with E-state index in [1.54, 1.807) is 12.1 Å². The molecule has 2 aromatic carbocycles. The smallest absolute Gasteiger partial charge is 0.223 e. The molecule has 0 radical (unpaired) electrons. The van der Waals surface area contributed by atoms with E-state index in [0.29, 0.717) is 38.0 Å². The average molecular weight is 483 g/mol. The van der Waals surface area contributed by atoms with Crippen LogP contribution in [0.15, 0.2) is 50.1 Å². The molecule has 0 spiro atoms. The van der Waals surface area contributed by atoms with E-state index in [1.807, 2.05) is 0 Å². The van der Waals surface area contributed by atoms with Gasteiger partial charge >= 0.3 is 0 Å². The minimum Gasteiger partial charge on any atom is -0.504 e. The summed E-state index contributed by atoms with van der Waals surface area (Å²) in [5.41, 5.74) is 1.17. The van der Waals surface area contributed by atoms with Crippen molar-refractivity contribution in [2.75, 3.05) is 13.7 Å². The van der Waals surface area contributed by atoms with Crippen LogP contribution in [0.5, 0.6) is 28.7 Å². The lowest BCUT2D eigenvalue weighted by molar-refractivity contribution is 0.329. The Kier molecular flexibility index (Phi) is 5.13. The number of benzene rings is 3. The number of terminal acetylenes is 1. The van der Waals surface area contributed by atoms with Crippen LogP contribution >= 0.6 is 15.9 Å². The topological polar surface area (TPSA) is 109 Å². The molecule has 0 bridgehead atoms. The molecule has 0 saturated heterocycles. The van der Waals surface area contributed by atoms with E-state index in [9.17, 15) is 20.1 Å². The Balaban J connectivity index is 2.12. The Labute approximate surface area is 184 Å². The minimum absolute atomic E-state index is 0.0394. The summed E-state index contributed by atoms with van der Waals surface area (Å²) in [6, 6.07) is 8.48. The van der Waals surface area contributed by atoms with E-state index in [0.717, 1.165) is 6.07 Å². The fraction of sp³-hybridized carbons (Fsp3) is 0.0870. The molecular formula is C23H15BrO7. The minimum atomic E-state index is -0.610. The fourth-order valence-corrected chi connectivity index (χ4v) is 3.92. The van der Waals surface area contributed by atoms with Gasteiger partial charge in [-0.25, -0.2) is 0 Å². The summed E-state index contributed by atoms with van der Waals surface area (Å²) < 4.78 is 17.3. The molecule has 31 heavy (non-hydrogen) atoms. The van der Waals surface area contributed by atoms with E-state index < -0.39 is 11.2 Å². The molecule has 2 aliphatic rings. The summed E-state index contributed by atoms with van der Waals surface area (Å²) in [7, 11) is 1.48. The van der Waals surface area contributed by atoms with Gasteiger partial charge < -0.3 is 29.2 Å². The monoisotopic (exact) mass is 482 g/mol. The van der Waals surface area contributed by atoms with Crippen LogP contribution in [0.4, 0.5) is 0 Å². The van der Waals surface area contributed by atoms with Crippen molar-refractivity contribution in [3.63, 3.8) is 0 Å². The number of methoxy groups -OCH3 is 1. The lowest BCUT2D eigenvalue weighted by Crippen LogP contribution is -2.02. The molecule has 2 aromatic rings. The highest BCUT2D eigenvalue weighted by molar-refractivity contribution is 9.10. The van der Waals surface area contributed by atoms with Crippen molar-refractivity contribution in [1.82, 2.24) is 0 Å². The first kappa shape index (κ1) is 20.4. The highest BCUT2D eigenvalue weighted by Crippen LogP contribution is 2.47. The molecule has 1 aliphatic heterocycles. The summed E-state index contributed by atoms with van der Waals surface area (Å²) in [6.07, 6.45) is 5.28. The maximum atomic E-state index is 12.0. The van der Waals surface area contributed by atoms with Gasteiger partial charge in [-0.1, -0.05) is 5.92 Å². The third-order valence-electron chi connectivity index (χ3n) is 4.71. The van der Waals surface area contributed by atoms with Gasteiger partial charge in [-0.05, 0) is 45.8 Å². The van der Waals surface area contributed by atoms with E-state index in [1.165, 1.54) is 25.3 Å². The predicted molar refractivity (Wildman–Crippen MR) is 118 cm³/mol. The number of hydrogen-bond donors (Lipinski definition) is 3. The van der Waals surface area contributed by atoms with Crippen LogP contribution in [0, 0.1) is 12.3 Å². The van der Waals surface area contributed by atoms with Crippen molar-refractivity contribution >= 4 is 26.9 Å². The third kappa shape index (κ3) is 3.49. The first-order valence-electron chi connectivity index (χ1n) is 8.93. The van der Waals surface area contributed by atoms with Gasteiger partial charge in [-0.15, -0.1) is 6.42 Å². The molecule has 7 nitrogen and oxygen atoms in total. The summed E-state index contributed by atoms with van der Waals surface area (Å²) in [5.74, 6) is 2.19. The second-order valence-electron chi connectivity index (χ2n) is 6.61. The number of halogens is 1. The van der Waals surface area contributed by atoms with Crippen molar-refractivity contribution in [3.05, 3.63) is 51.1 Å². The summed E-state index contributed by atoms with van der Waals surface area (Å²) in [4.78, 5) is 12.0. The zero-order chi connectivity index (χ0) is 22.3. The van der Waals surface area contributed by atoms with Crippen LogP contribution in [0.1, 0.15) is 0 Å². The molecule has 0 atom stereocenters. The Hall–Kier alpha value is -3.83. The number of aromatic hydroxyl groups is 3. The van der Waals surface area contributed by atoms with Crippen molar-refractivity contribution in [2.45, 2.75) is 0 Å². The molecule has 3 N–H and O–H groups in total. The van der Waals surface area contributed by atoms with Gasteiger partial charge in [0.15, 0.2) is 28.7 Å². The van der Waals surface area contributed by atoms with Gasteiger partial charge in [0, 0.05) is 28.6 Å². The van der Waals surface area contributed by atoms with Gasteiger partial charge in [0.05, 0.1) is 11.6 Å². The van der Waals surface area contributed by atoms with Crippen LogP contribution in [0.25, 0.3) is 33.4 Å². The van der Waals surface area contributed by atoms with Gasteiger partial charge in [-0.2, -0.15) is 0 Å². The van der Waals surface area contributed by atoms with E-state index in [4.69, 9.17) is 20.3 Å². The molecule has 0 saturated carbocycles. The molecule has 0 fully saturated rings. The SMILES string of the molecule is C#CCOc1c(Br)cc(-c2c3cc(O)c(=O)cc-3oc3cc(O)c(O)cc23)cc1OC. The van der Waals surface area contributed by atoms with E-state index in [2.05, 4.69) is 21.9 Å². The predicted octanol–water partition coefficient (Wildman–Crippen LogP) is 4.46. The van der Waals surface area contributed by atoms with E-state index in [-0.39, 0.29) is 29.4 Å². The molecule has 156 valence electrons. The fourth-order valence-electron chi connectivity index (χ4n) is 3.36. The first-order chi connectivity index (χ1) is 14.8. The molecule has 8 heteroatoms. The molecular weight excluding hydrogens is 468 g/mol. The zero-order valence-corrected chi connectivity index (χ0v) is 17.7. The largest absolute Gasteiger partial charge is 0.504 e. The molecule has 0 amide bonds. The normalized spacial score (nSPS) is 10.9. The van der Waals surface area contributed by atoms with Crippen molar-refractivity contribution in [3.8, 4) is 63.5 Å². The summed E-state index contributed by atoms with van der Waals surface area (Å²) in [6.45, 7) is 0.0394. The van der Waals surface area contributed by atoms with Crippen molar-refractivity contribution < 1.29 is 29.2 Å². The molecule has 0 unspecified atom stereocenters. The number of fused-ring (bicyclic) bond motifs is 2. The highest BCUT2D eigenvalue weighted by Gasteiger charge is 2.23. The maximum absolute atomic E-state index is 12.0.